The fourth-order valence-corrected chi connectivity index (χ4v) is 6.70. The van der Waals surface area contributed by atoms with Crippen LogP contribution < -0.4 is 14.5 Å². The molecule has 0 atom stereocenters. The van der Waals surface area contributed by atoms with Gasteiger partial charge >= 0.3 is 6.09 Å². The molecule has 3 aliphatic rings. The Kier molecular flexibility index (Phi) is 6.41. The molecule has 6 rings (SSSR count). The van der Waals surface area contributed by atoms with Gasteiger partial charge in [-0.3, -0.25) is 14.5 Å². The van der Waals surface area contributed by atoms with Crippen molar-refractivity contribution in [3.05, 3.63) is 42.2 Å². The lowest BCUT2D eigenvalue weighted by atomic mass is 9.64. The molecule has 2 aromatic heterocycles. The molecule has 0 radical (unpaired) electrons. The summed E-state index contributed by atoms with van der Waals surface area (Å²) in [5.41, 5.74) is 3.54. The van der Waals surface area contributed by atoms with Crippen LogP contribution in [0.1, 0.15) is 45.6 Å². The average Bonchev–Trinajstić information content (AvgIpc) is 3.08. The minimum Gasteiger partial charge on any atom is -0.444 e. The van der Waals surface area contributed by atoms with Crippen LogP contribution in [0.15, 0.2) is 36.7 Å². The van der Waals surface area contributed by atoms with E-state index in [1.807, 2.05) is 50.9 Å². The second-order valence-electron chi connectivity index (χ2n) is 12.7. The molecule has 1 aliphatic carbocycles. The highest BCUT2D eigenvalue weighted by molar-refractivity contribution is 7.92. The Labute approximate surface area is 245 Å². The maximum atomic E-state index is 13.2. The summed E-state index contributed by atoms with van der Waals surface area (Å²) in [6.07, 6.45) is 6.87. The highest BCUT2D eigenvalue weighted by Gasteiger charge is 2.54. The van der Waals surface area contributed by atoms with Gasteiger partial charge in [0.15, 0.2) is 5.82 Å². The van der Waals surface area contributed by atoms with Crippen LogP contribution in [0.25, 0.3) is 22.0 Å². The topological polar surface area (TPSA) is 125 Å². The van der Waals surface area contributed by atoms with Crippen molar-refractivity contribution in [2.45, 2.75) is 57.1 Å². The van der Waals surface area contributed by atoms with E-state index in [-0.39, 0.29) is 11.9 Å². The first-order chi connectivity index (χ1) is 19.7. The first-order valence-electron chi connectivity index (χ1n) is 14.1. The molecule has 222 valence electrons. The standard InChI is InChI=1S/C30H36N6O5S/c1-29(2,3)41-28(38)34(4)20-16-36(17-20)26-23(33-42(6,39)40)13-19(14-32-26)18-8-9-22-21(12-18)25-24(15-31-22)35(5)27(37)30(25)10-7-11-30/h8-9,12-15,20,33H,7,10-11,16-17H2,1-6H3. The van der Waals surface area contributed by atoms with E-state index in [9.17, 15) is 18.0 Å². The lowest BCUT2D eigenvalue weighted by Crippen LogP contribution is -2.60. The number of sulfonamides is 1. The summed E-state index contributed by atoms with van der Waals surface area (Å²) in [6.45, 7) is 6.44. The van der Waals surface area contributed by atoms with Crippen molar-refractivity contribution in [2.75, 3.05) is 48.0 Å². The minimum atomic E-state index is -3.60. The van der Waals surface area contributed by atoms with E-state index in [1.165, 1.54) is 0 Å². The Hall–Kier alpha value is -3.93. The van der Waals surface area contributed by atoms with Gasteiger partial charge in [-0.05, 0) is 57.4 Å². The quantitative estimate of drug-likeness (QED) is 0.469. The zero-order valence-electron chi connectivity index (χ0n) is 24.8. The molecule has 1 saturated carbocycles. The lowest BCUT2D eigenvalue weighted by Gasteiger charge is -2.45. The van der Waals surface area contributed by atoms with Crippen LogP contribution in [-0.2, 0) is 25.0 Å². The fraction of sp³-hybridized carbons (Fsp3) is 0.467. The highest BCUT2D eigenvalue weighted by Crippen LogP contribution is 2.55. The van der Waals surface area contributed by atoms with E-state index >= 15 is 0 Å². The molecule has 3 aromatic rings. The van der Waals surface area contributed by atoms with E-state index in [2.05, 4.69) is 14.7 Å². The molecule has 2 fully saturated rings. The van der Waals surface area contributed by atoms with Crippen LogP contribution in [0.4, 0.5) is 22.0 Å². The maximum Gasteiger partial charge on any atom is 0.410 e. The van der Waals surface area contributed by atoms with E-state index < -0.39 is 27.1 Å². The fourth-order valence-electron chi connectivity index (χ4n) is 6.15. The summed E-state index contributed by atoms with van der Waals surface area (Å²) in [4.78, 5) is 40.3. The van der Waals surface area contributed by atoms with Crippen molar-refractivity contribution < 1.29 is 22.7 Å². The number of amides is 2. The molecule has 1 spiro atoms. The van der Waals surface area contributed by atoms with Crippen LogP contribution in [0.3, 0.4) is 0 Å². The molecule has 2 aliphatic heterocycles. The van der Waals surface area contributed by atoms with Crippen molar-refractivity contribution in [1.82, 2.24) is 14.9 Å². The molecule has 0 unspecified atom stereocenters. The monoisotopic (exact) mass is 592 g/mol. The van der Waals surface area contributed by atoms with Gasteiger partial charge in [-0.2, -0.15) is 0 Å². The summed E-state index contributed by atoms with van der Waals surface area (Å²) in [5.74, 6) is 0.612. The van der Waals surface area contributed by atoms with Gasteiger partial charge < -0.3 is 19.4 Å². The number of hydrogen-bond acceptors (Lipinski definition) is 8. The second kappa shape index (κ2) is 9.55. The number of rotatable bonds is 5. The molecule has 2 amide bonds. The third-order valence-electron chi connectivity index (χ3n) is 8.50. The molecule has 42 heavy (non-hydrogen) atoms. The van der Waals surface area contributed by atoms with Crippen molar-refractivity contribution in [3.8, 4) is 11.1 Å². The van der Waals surface area contributed by atoms with Crippen LogP contribution in [0.2, 0.25) is 0 Å². The molecule has 11 nitrogen and oxygen atoms in total. The number of ether oxygens (including phenoxy) is 1. The molecule has 0 bridgehead atoms. The number of fused-ring (bicyclic) bond motifs is 4. The number of nitrogens with zero attached hydrogens (tertiary/aromatic N) is 5. The van der Waals surface area contributed by atoms with Gasteiger partial charge in [-0.1, -0.05) is 12.5 Å². The van der Waals surface area contributed by atoms with Gasteiger partial charge in [0.25, 0.3) is 0 Å². The van der Waals surface area contributed by atoms with Gasteiger partial charge in [-0.15, -0.1) is 0 Å². The van der Waals surface area contributed by atoms with Crippen molar-refractivity contribution in [1.29, 1.82) is 0 Å². The Morgan fingerprint density at radius 3 is 2.45 bits per heavy atom. The molecule has 4 heterocycles. The third kappa shape index (κ3) is 4.71. The maximum absolute atomic E-state index is 13.2. The van der Waals surface area contributed by atoms with E-state index in [4.69, 9.17) is 4.74 Å². The van der Waals surface area contributed by atoms with Crippen molar-refractivity contribution >= 4 is 50.1 Å². The summed E-state index contributed by atoms with van der Waals surface area (Å²) < 4.78 is 32.8. The molecule has 12 heteroatoms. The first kappa shape index (κ1) is 28.2. The lowest BCUT2D eigenvalue weighted by molar-refractivity contribution is -0.125. The zero-order chi connectivity index (χ0) is 30.2. The number of benzene rings is 1. The highest BCUT2D eigenvalue weighted by atomic mass is 32.2. The minimum absolute atomic E-state index is 0.0952. The average molecular weight is 593 g/mol. The predicted molar refractivity (Wildman–Crippen MR) is 162 cm³/mol. The smallest absolute Gasteiger partial charge is 0.410 e. The van der Waals surface area contributed by atoms with Crippen molar-refractivity contribution in [3.63, 3.8) is 0 Å². The number of hydrogen-bond donors (Lipinski definition) is 1. The molecule has 1 N–H and O–H groups in total. The molecular formula is C30H36N6O5S. The SMILES string of the molecule is CN1C(=O)C2(CCC2)c2c1cnc1ccc(-c3cnc(N4CC(N(C)C(=O)OC(C)(C)C)C4)c(NS(C)(=O)=O)c3)cc21. The summed E-state index contributed by atoms with van der Waals surface area (Å²) in [6, 6.07) is 7.59. The summed E-state index contributed by atoms with van der Waals surface area (Å²) in [5, 5.41) is 0.930. The van der Waals surface area contributed by atoms with Crippen LogP contribution >= 0.6 is 0 Å². The largest absolute Gasteiger partial charge is 0.444 e. The van der Waals surface area contributed by atoms with Gasteiger partial charge in [0.1, 0.15) is 5.60 Å². The first-order valence-corrected chi connectivity index (χ1v) is 16.0. The van der Waals surface area contributed by atoms with E-state index in [0.717, 1.165) is 58.8 Å². The third-order valence-corrected chi connectivity index (χ3v) is 9.09. The van der Waals surface area contributed by atoms with E-state index in [1.54, 1.807) is 35.3 Å². The normalized spacial score (nSPS) is 18.1. The number of pyridine rings is 2. The molecule has 1 aromatic carbocycles. The van der Waals surface area contributed by atoms with Crippen molar-refractivity contribution in [2.24, 2.45) is 0 Å². The number of aromatic nitrogens is 2. The number of nitrogens with one attached hydrogen (secondary N) is 1. The summed E-state index contributed by atoms with van der Waals surface area (Å²) >= 11 is 0. The number of likely N-dealkylation sites (N-methyl/N-ethyl adjacent to an activating group) is 2. The van der Waals surface area contributed by atoms with Gasteiger partial charge in [0.05, 0.1) is 40.8 Å². The van der Waals surface area contributed by atoms with Crippen LogP contribution in [-0.4, -0.2) is 80.4 Å². The number of carbonyl (C=O) groups is 2. The Morgan fingerprint density at radius 2 is 1.83 bits per heavy atom. The summed E-state index contributed by atoms with van der Waals surface area (Å²) in [7, 11) is -0.0907. The Bertz CT molecular complexity index is 1720. The Balaban J connectivity index is 1.33. The zero-order valence-corrected chi connectivity index (χ0v) is 25.6. The van der Waals surface area contributed by atoms with Gasteiger partial charge in [0.2, 0.25) is 15.9 Å². The van der Waals surface area contributed by atoms with Gasteiger partial charge in [0, 0.05) is 49.9 Å². The number of anilines is 3. The molecule has 1 saturated heterocycles. The Morgan fingerprint density at radius 1 is 1.12 bits per heavy atom. The molecular weight excluding hydrogens is 556 g/mol. The number of carbonyl (C=O) groups excluding carboxylic acids is 2. The van der Waals surface area contributed by atoms with Crippen LogP contribution in [0, 0.1) is 0 Å². The van der Waals surface area contributed by atoms with E-state index in [0.29, 0.717) is 24.6 Å². The predicted octanol–water partition coefficient (Wildman–Crippen LogP) is 4.12. The van der Waals surface area contributed by atoms with Gasteiger partial charge in [-0.25, -0.2) is 18.2 Å². The second-order valence-corrected chi connectivity index (χ2v) is 14.4. The van der Waals surface area contributed by atoms with Crippen LogP contribution in [0.5, 0.6) is 0 Å².